The van der Waals surface area contributed by atoms with Crippen molar-refractivity contribution in [3.05, 3.63) is 29.3 Å². The minimum Gasteiger partial charge on any atom is -0.369 e. The van der Waals surface area contributed by atoms with Crippen molar-refractivity contribution >= 4 is 5.69 Å². The molecule has 1 heterocycles. The average Bonchev–Trinajstić information content (AvgIpc) is 2.31. The number of nitrogens with zero attached hydrogens (tertiary/aromatic N) is 3. The summed E-state index contributed by atoms with van der Waals surface area (Å²) in [4.78, 5) is 4.68. The highest BCUT2D eigenvalue weighted by Crippen LogP contribution is 2.19. The highest BCUT2D eigenvalue weighted by atomic mass is 15.2. The van der Waals surface area contributed by atoms with E-state index in [1.54, 1.807) is 0 Å². The van der Waals surface area contributed by atoms with Crippen LogP contribution in [0.3, 0.4) is 0 Å². The van der Waals surface area contributed by atoms with E-state index >= 15 is 0 Å². The second kappa shape index (κ2) is 4.54. The van der Waals surface area contributed by atoms with Gasteiger partial charge in [-0.3, -0.25) is 0 Å². The number of rotatable bonds is 1. The van der Waals surface area contributed by atoms with Crippen molar-refractivity contribution in [1.29, 1.82) is 5.26 Å². The predicted molar refractivity (Wildman–Crippen MR) is 65.6 cm³/mol. The molecular weight excluding hydrogens is 198 g/mol. The highest BCUT2D eigenvalue weighted by molar-refractivity contribution is 5.54. The normalized spacial score (nSPS) is 17.2. The molecule has 1 saturated heterocycles. The molecule has 1 aromatic rings. The zero-order valence-corrected chi connectivity index (χ0v) is 9.90. The summed E-state index contributed by atoms with van der Waals surface area (Å²) in [6.07, 6.45) is 0. The van der Waals surface area contributed by atoms with Crippen LogP contribution in [-0.4, -0.2) is 38.1 Å². The Balaban J connectivity index is 2.18. The van der Waals surface area contributed by atoms with Crippen LogP contribution in [0.15, 0.2) is 18.2 Å². The Kier molecular flexibility index (Phi) is 3.12. The van der Waals surface area contributed by atoms with Crippen molar-refractivity contribution in [2.75, 3.05) is 38.1 Å². The number of likely N-dealkylation sites (N-methyl/N-ethyl adjacent to an activating group) is 1. The van der Waals surface area contributed by atoms with Gasteiger partial charge < -0.3 is 9.80 Å². The van der Waals surface area contributed by atoms with Crippen LogP contribution in [0.1, 0.15) is 11.1 Å². The van der Waals surface area contributed by atoms with E-state index in [9.17, 15) is 0 Å². The van der Waals surface area contributed by atoms with Crippen molar-refractivity contribution in [2.45, 2.75) is 6.92 Å². The standard InChI is InChI=1S/C13H17N3/c1-11-3-4-13(9-12(11)10-14)16-7-5-15(2)6-8-16/h3-4,9H,5-8H2,1-2H3. The van der Waals surface area contributed by atoms with Crippen LogP contribution in [-0.2, 0) is 0 Å². The zero-order valence-electron chi connectivity index (χ0n) is 9.90. The fourth-order valence-corrected chi connectivity index (χ4v) is 1.99. The first kappa shape index (κ1) is 11.0. The monoisotopic (exact) mass is 215 g/mol. The lowest BCUT2D eigenvalue weighted by atomic mass is 10.1. The summed E-state index contributed by atoms with van der Waals surface area (Å²) in [7, 11) is 2.15. The number of benzene rings is 1. The van der Waals surface area contributed by atoms with Gasteiger partial charge in [-0.15, -0.1) is 0 Å². The Labute approximate surface area is 96.9 Å². The number of piperazine rings is 1. The van der Waals surface area contributed by atoms with E-state index in [0.29, 0.717) is 0 Å². The third-order valence-electron chi connectivity index (χ3n) is 3.21. The fraction of sp³-hybridized carbons (Fsp3) is 0.462. The Hall–Kier alpha value is -1.53. The molecule has 1 aromatic carbocycles. The maximum absolute atomic E-state index is 9.01. The molecule has 0 saturated carbocycles. The molecule has 0 aromatic heterocycles. The molecule has 1 aliphatic rings. The van der Waals surface area contributed by atoms with Gasteiger partial charge in [0.15, 0.2) is 0 Å². The molecule has 0 aliphatic carbocycles. The van der Waals surface area contributed by atoms with Gasteiger partial charge in [0.25, 0.3) is 0 Å². The molecule has 84 valence electrons. The van der Waals surface area contributed by atoms with Gasteiger partial charge in [-0.1, -0.05) is 6.07 Å². The molecular formula is C13H17N3. The van der Waals surface area contributed by atoms with Crippen LogP contribution in [0, 0.1) is 18.3 Å². The molecule has 16 heavy (non-hydrogen) atoms. The van der Waals surface area contributed by atoms with E-state index in [0.717, 1.165) is 37.3 Å². The van der Waals surface area contributed by atoms with Gasteiger partial charge in [-0.25, -0.2) is 0 Å². The molecule has 0 radical (unpaired) electrons. The topological polar surface area (TPSA) is 30.3 Å². The Morgan fingerprint density at radius 2 is 1.88 bits per heavy atom. The van der Waals surface area contributed by atoms with Gasteiger partial charge in [0.2, 0.25) is 0 Å². The van der Waals surface area contributed by atoms with Crippen LogP contribution in [0.2, 0.25) is 0 Å². The van der Waals surface area contributed by atoms with Crippen LogP contribution < -0.4 is 4.90 Å². The quantitative estimate of drug-likeness (QED) is 0.713. The maximum atomic E-state index is 9.01. The van der Waals surface area contributed by atoms with E-state index in [1.165, 1.54) is 5.69 Å². The van der Waals surface area contributed by atoms with Gasteiger partial charge in [0.05, 0.1) is 11.6 Å². The number of nitriles is 1. The molecule has 0 amide bonds. The molecule has 2 rings (SSSR count). The first-order valence-corrected chi connectivity index (χ1v) is 5.65. The second-order valence-electron chi connectivity index (χ2n) is 4.40. The van der Waals surface area contributed by atoms with Gasteiger partial charge >= 0.3 is 0 Å². The summed E-state index contributed by atoms with van der Waals surface area (Å²) in [5.41, 5.74) is 3.02. The second-order valence-corrected chi connectivity index (χ2v) is 4.40. The molecule has 3 heteroatoms. The summed E-state index contributed by atoms with van der Waals surface area (Å²) in [6, 6.07) is 8.39. The molecule has 0 bridgehead atoms. The molecule has 1 aliphatic heterocycles. The van der Waals surface area contributed by atoms with Crippen LogP contribution >= 0.6 is 0 Å². The number of hydrogen-bond donors (Lipinski definition) is 0. The number of aryl methyl sites for hydroxylation is 1. The molecule has 0 atom stereocenters. The van der Waals surface area contributed by atoms with E-state index in [1.807, 2.05) is 19.1 Å². The minimum atomic E-state index is 0.788. The van der Waals surface area contributed by atoms with Crippen LogP contribution in [0.4, 0.5) is 5.69 Å². The summed E-state index contributed by atoms with van der Waals surface area (Å²) >= 11 is 0. The first-order valence-electron chi connectivity index (χ1n) is 5.65. The molecule has 0 N–H and O–H groups in total. The predicted octanol–water partition coefficient (Wildman–Crippen LogP) is 1.62. The third-order valence-corrected chi connectivity index (χ3v) is 3.21. The molecule has 0 unspecified atom stereocenters. The zero-order chi connectivity index (χ0) is 11.5. The van der Waals surface area contributed by atoms with E-state index in [4.69, 9.17) is 5.26 Å². The van der Waals surface area contributed by atoms with E-state index in [2.05, 4.69) is 29.0 Å². The largest absolute Gasteiger partial charge is 0.369 e. The average molecular weight is 215 g/mol. The lowest BCUT2D eigenvalue weighted by Gasteiger charge is -2.34. The van der Waals surface area contributed by atoms with Gasteiger partial charge in [0, 0.05) is 31.9 Å². The third kappa shape index (κ3) is 2.17. The van der Waals surface area contributed by atoms with Crippen molar-refractivity contribution in [3.8, 4) is 6.07 Å². The summed E-state index contributed by atoms with van der Waals surface area (Å²) in [6.45, 7) is 6.26. The Morgan fingerprint density at radius 1 is 1.19 bits per heavy atom. The summed E-state index contributed by atoms with van der Waals surface area (Å²) in [5.74, 6) is 0. The van der Waals surface area contributed by atoms with E-state index in [-0.39, 0.29) is 0 Å². The lowest BCUT2D eigenvalue weighted by Crippen LogP contribution is -2.44. The Bertz CT molecular complexity index is 412. The van der Waals surface area contributed by atoms with Gasteiger partial charge in [-0.05, 0) is 31.7 Å². The van der Waals surface area contributed by atoms with Crippen LogP contribution in [0.25, 0.3) is 0 Å². The van der Waals surface area contributed by atoms with Crippen LogP contribution in [0.5, 0.6) is 0 Å². The van der Waals surface area contributed by atoms with Gasteiger partial charge in [0.1, 0.15) is 0 Å². The molecule has 3 nitrogen and oxygen atoms in total. The minimum absolute atomic E-state index is 0.788. The maximum Gasteiger partial charge on any atom is 0.0995 e. The van der Waals surface area contributed by atoms with E-state index < -0.39 is 0 Å². The fourth-order valence-electron chi connectivity index (χ4n) is 1.99. The highest BCUT2D eigenvalue weighted by Gasteiger charge is 2.14. The molecule has 1 fully saturated rings. The summed E-state index contributed by atoms with van der Waals surface area (Å²) in [5, 5.41) is 9.01. The lowest BCUT2D eigenvalue weighted by molar-refractivity contribution is 0.313. The van der Waals surface area contributed by atoms with Crippen molar-refractivity contribution < 1.29 is 0 Å². The van der Waals surface area contributed by atoms with Crippen molar-refractivity contribution in [2.24, 2.45) is 0 Å². The number of hydrogen-bond acceptors (Lipinski definition) is 3. The molecule has 0 spiro atoms. The van der Waals surface area contributed by atoms with Crippen molar-refractivity contribution in [1.82, 2.24) is 4.90 Å². The summed E-state index contributed by atoms with van der Waals surface area (Å²) < 4.78 is 0. The smallest absolute Gasteiger partial charge is 0.0995 e. The van der Waals surface area contributed by atoms with Crippen molar-refractivity contribution in [3.63, 3.8) is 0 Å². The Morgan fingerprint density at radius 3 is 2.50 bits per heavy atom. The SMILES string of the molecule is Cc1ccc(N2CCN(C)CC2)cc1C#N. The number of anilines is 1. The first-order chi connectivity index (χ1) is 7.70. The van der Waals surface area contributed by atoms with Gasteiger partial charge in [-0.2, -0.15) is 5.26 Å².